The van der Waals surface area contributed by atoms with E-state index in [1.54, 1.807) is 26.0 Å². The van der Waals surface area contributed by atoms with E-state index >= 15 is 0 Å². The molecule has 3 heterocycles. The molecule has 0 bridgehead atoms. The Morgan fingerprint density at radius 3 is 2.81 bits per heavy atom. The van der Waals surface area contributed by atoms with Crippen LogP contribution in [0.3, 0.4) is 0 Å². The minimum Gasteiger partial charge on any atom is -0.383 e. The molecular weight excluding hydrogens is 346 g/mol. The molecule has 0 saturated carbocycles. The summed E-state index contributed by atoms with van der Waals surface area (Å²) < 4.78 is 7.08. The number of rotatable bonds is 7. The molecule has 1 aliphatic rings. The lowest BCUT2D eigenvalue weighted by Gasteiger charge is -2.35. The summed E-state index contributed by atoms with van der Waals surface area (Å²) >= 11 is 0. The Labute approximate surface area is 159 Å². The second kappa shape index (κ2) is 9.31. The van der Waals surface area contributed by atoms with Crippen LogP contribution < -0.4 is 10.2 Å². The van der Waals surface area contributed by atoms with E-state index in [1.165, 1.54) is 0 Å². The van der Waals surface area contributed by atoms with Gasteiger partial charge in [-0.25, -0.2) is 19.7 Å². The highest BCUT2D eigenvalue weighted by Gasteiger charge is 2.22. The average molecular weight is 373 g/mol. The Hall–Kier alpha value is -2.68. The topological polar surface area (TPSA) is 88.4 Å². The van der Waals surface area contributed by atoms with Crippen molar-refractivity contribution in [3.05, 3.63) is 36.3 Å². The molecule has 3 rings (SSSR count). The number of aromatic nitrogens is 4. The first-order valence-corrected chi connectivity index (χ1v) is 9.28. The van der Waals surface area contributed by atoms with Crippen molar-refractivity contribution < 1.29 is 9.53 Å². The molecule has 1 fully saturated rings. The molecule has 0 atom stereocenters. The Morgan fingerprint density at radius 2 is 2.07 bits per heavy atom. The van der Waals surface area contributed by atoms with Crippen LogP contribution in [0.25, 0.3) is 0 Å². The molecule has 0 aromatic carbocycles. The SMILES string of the molecule is CCc1cc(N2CCN(C(=O)NCc3cncn3CCOC)CC2)ncn1. The molecule has 1 aliphatic heterocycles. The summed E-state index contributed by atoms with van der Waals surface area (Å²) in [6, 6.07) is 1.97. The summed E-state index contributed by atoms with van der Waals surface area (Å²) in [4.78, 5) is 29.3. The maximum absolute atomic E-state index is 12.5. The van der Waals surface area contributed by atoms with Crippen molar-refractivity contribution in [2.24, 2.45) is 0 Å². The average Bonchev–Trinajstić information content (AvgIpc) is 3.18. The van der Waals surface area contributed by atoms with Crippen LogP contribution >= 0.6 is 0 Å². The normalized spacial score (nSPS) is 14.4. The molecule has 146 valence electrons. The van der Waals surface area contributed by atoms with Gasteiger partial charge in [0.1, 0.15) is 12.1 Å². The fraction of sp³-hybridized carbons (Fsp3) is 0.556. The molecule has 0 radical (unpaired) electrons. The maximum Gasteiger partial charge on any atom is 0.317 e. The number of amides is 2. The Balaban J connectivity index is 1.48. The molecule has 9 heteroatoms. The largest absolute Gasteiger partial charge is 0.383 e. The van der Waals surface area contributed by atoms with Crippen LogP contribution in [0, 0.1) is 0 Å². The lowest BCUT2D eigenvalue weighted by atomic mass is 10.3. The van der Waals surface area contributed by atoms with E-state index in [0.29, 0.717) is 26.2 Å². The third-order valence-electron chi connectivity index (χ3n) is 4.72. The number of ether oxygens (including phenoxy) is 1. The van der Waals surface area contributed by atoms with Crippen molar-refractivity contribution in [3.8, 4) is 0 Å². The predicted octanol–water partition coefficient (Wildman–Crippen LogP) is 0.914. The van der Waals surface area contributed by atoms with Crippen molar-refractivity contribution >= 4 is 11.8 Å². The van der Waals surface area contributed by atoms with Crippen molar-refractivity contribution in [2.75, 3.05) is 44.8 Å². The minimum atomic E-state index is -0.0499. The fourth-order valence-electron chi connectivity index (χ4n) is 3.05. The molecule has 1 N–H and O–H groups in total. The van der Waals surface area contributed by atoms with E-state index in [1.807, 2.05) is 15.5 Å². The molecule has 0 aliphatic carbocycles. The van der Waals surface area contributed by atoms with Crippen molar-refractivity contribution in [3.63, 3.8) is 0 Å². The number of hydrogen-bond acceptors (Lipinski definition) is 6. The first-order valence-electron chi connectivity index (χ1n) is 9.28. The van der Waals surface area contributed by atoms with Crippen molar-refractivity contribution in [1.82, 2.24) is 29.7 Å². The number of anilines is 1. The number of piperazine rings is 1. The van der Waals surface area contributed by atoms with Crippen LogP contribution in [0.4, 0.5) is 10.6 Å². The Bertz CT molecular complexity index is 741. The quantitative estimate of drug-likeness (QED) is 0.776. The monoisotopic (exact) mass is 373 g/mol. The first kappa shape index (κ1) is 19.1. The lowest BCUT2D eigenvalue weighted by Crippen LogP contribution is -2.52. The van der Waals surface area contributed by atoms with Gasteiger partial charge >= 0.3 is 6.03 Å². The summed E-state index contributed by atoms with van der Waals surface area (Å²) in [6.07, 6.45) is 6.03. The van der Waals surface area contributed by atoms with E-state index in [9.17, 15) is 4.79 Å². The lowest BCUT2D eigenvalue weighted by molar-refractivity contribution is 0.185. The standard InChI is InChI=1S/C18H27N7O2/c1-3-15-10-17(22-13-21-15)23-4-6-24(7-5-23)18(26)20-12-16-11-19-14-25(16)8-9-27-2/h10-11,13-14H,3-9,12H2,1-2H3,(H,20,26). The number of urea groups is 1. The summed E-state index contributed by atoms with van der Waals surface area (Å²) in [7, 11) is 1.67. The number of nitrogens with one attached hydrogen (secondary N) is 1. The van der Waals surface area contributed by atoms with Gasteiger partial charge in [0.05, 0.1) is 25.2 Å². The highest BCUT2D eigenvalue weighted by molar-refractivity contribution is 5.74. The smallest absolute Gasteiger partial charge is 0.317 e. The third kappa shape index (κ3) is 4.94. The summed E-state index contributed by atoms with van der Waals surface area (Å²) in [5.74, 6) is 0.934. The second-order valence-corrected chi connectivity index (χ2v) is 6.43. The van der Waals surface area contributed by atoms with E-state index in [2.05, 4.69) is 32.1 Å². The minimum absolute atomic E-state index is 0.0499. The summed E-state index contributed by atoms with van der Waals surface area (Å²) in [5.41, 5.74) is 2.00. The second-order valence-electron chi connectivity index (χ2n) is 6.43. The van der Waals surface area contributed by atoms with Gasteiger partial charge in [0.2, 0.25) is 0 Å². The molecule has 2 aromatic rings. The van der Waals surface area contributed by atoms with Crippen LogP contribution in [-0.2, 0) is 24.2 Å². The molecule has 0 unspecified atom stereocenters. The molecule has 2 amide bonds. The van der Waals surface area contributed by atoms with Gasteiger partial charge in [0.15, 0.2) is 0 Å². The van der Waals surface area contributed by atoms with Crippen LogP contribution in [0.2, 0.25) is 0 Å². The van der Waals surface area contributed by atoms with Crippen molar-refractivity contribution in [2.45, 2.75) is 26.4 Å². The van der Waals surface area contributed by atoms with Crippen LogP contribution in [0.1, 0.15) is 18.3 Å². The van der Waals surface area contributed by atoms with Crippen molar-refractivity contribution in [1.29, 1.82) is 0 Å². The zero-order valence-electron chi connectivity index (χ0n) is 16.0. The number of aryl methyl sites for hydroxylation is 1. The van der Waals surface area contributed by atoms with Gasteiger partial charge in [-0.05, 0) is 6.42 Å². The molecular formula is C18H27N7O2. The van der Waals surface area contributed by atoms with Crippen LogP contribution in [0.15, 0.2) is 24.9 Å². The maximum atomic E-state index is 12.5. The fourth-order valence-corrected chi connectivity index (χ4v) is 3.05. The van der Waals surface area contributed by atoms with Gasteiger partial charge in [-0.15, -0.1) is 0 Å². The molecule has 9 nitrogen and oxygen atoms in total. The first-order chi connectivity index (χ1) is 13.2. The highest BCUT2D eigenvalue weighted by atomic mass is 16.5. The van der Waals surface area contributed by atoms with Gasteiger partial charge in [-0.1, -0.05) is 6.92 Å². The van der Waals surface area contributed by atoms with Crippen LogP contribution in [-0.4, -0.2) is 70.3 Å². The highest BCUT2D eigenvalue weighted by Crippen LogP contribution is 2.14. The van der Waals surface area contributed by atoms with E-state index in [-0.39, 0.29) is 6.03 Å². The van der Waals surface area contributed by atoms with Gasteiger partial charge < -0.3 is 24.4 Å². The Kier molecular flexibility index (Phi) is 6.59. The number of nitrogens with zero attached hydrogens (tertiary/aromatic N) is 6. The number of carbonyl (C=O) groups is 1. The molecule has 27 heavy (non-hydrogen) atoms. The van der Waals surface area contributed by atoms with Crippen LogP contribution in [0.5, 0.6) is 0 Å². The zero-order chi connectivity index (χ0) is 19.1. The molecule has 1 saturated heterocycles. The third-order valence-corrected chi connectivity index (χ3v) is 4.72. The predicted molar refractivity (Wildman–Crippen MR) is 102 cm³/mol. The molecule has 0 spiro atoms. The molecule has 2 aromatic heterocycles. The van der Waals surface area contributed by atoms with Gasteiger partial charge in [-0.2, -0.15) is 0 Å². The summed E-state index contributed by atoms with van der Waals surface area (Å²) in [6.45, 7) is 6.73. The number of carbonyl (C=O) groups excluding carboxylic acids is 1. The van der Waals surface area contributed by atoms with E-state index in [0.717, 1.165) is 43.3 Å². The van der Waals surface area contributed by atoms with Gasteiger partial charge in [-0.3, -0.25) is 0 Å². The Morgan fingerprint density at radius 1 is 1.26 bits per heavy atom. The zero-order valence-corrected chi connectivity index (χ0v) is 16.0. The number of imidazole rings is 1. The number of hydrogen-bond donors (Lipinski definition) is 1. The summed E-state index contributed by atoms with van der Waals surface area (Å²) in [5, 5.41) is 2.99. The van der Waals surface area contributed by atoms with E-state index < -0.39 is 0 Å². The number of methoxy groups -OCH3 is 1. The van der Waals surface area contributed by atoms with Gasteiger partial charge in [0, 0.05) is 57.8 Å². The van der Waals surface area contributed by atoms with E-state index in [4.69, 9.17) is 4.74 Å². The van der Waals surface area contributed by atoms with Gasteiger partial charge in [0.25, 0.3) is 0 Å².